The molecule has 8 heteroatoms. The summed E-state index contributed by atoms with van der Waals surface area (Å²) in [4.78, 5) is 10.8. The minimum Gasteiger partial charge on any atom is -0.478 e. The van der Waals surface area contributed by atoms with Gasteiger partial charge >= 0.3 is 16.2 Å². The lowest BCUT2D eigenvalue weighted by Crippen LogP contribution is -2.47. The summed E-state index contributed by atoms with van der Waals surface area (Å²) >= 11 is 0. The molecular weight excluding hydrogens is 282 g/mol. The van der Waals surface area contributed by atoms with Crippen LogP contribution >= 0.6 is 0 Å². The number of aromatic carboxylic acids is 1. The van der Waals surface area contributed by atoms with Crippen molar-refractivity contribution < 1.29 is 18.3 Å². The first-order valence-corrected chi connectivity index (χ1v) is 7.29. The number of nitrogens with two attached hydrogens (primary N) is 1. The Hall–Kier alpha value is -1.80. The second-order valence-electron chi connectivity index (χ2n) is 5.40. The minimum atomic E-state index is -3.77. The highest BCUT2D eigenvalue weighted by Crippen LogP contribution is 2.25. The van der Waals surface area contributed by atoms with Crippen molar-refractivity contribution in [2.45, 2.75) is 26.3 Å². The molecule has 0 aromatic heterocycles. The van der Waals surface area contributed by atoms with Crippen LogP contribution in [0.4, 0.5) is 11.4 Å². The maximum absolute atomic E-state index is 12.2. The van der Waals surface area contributed by atoms with E-state index < -0.39 is 21.7 Å². The van der Waals surface area contributed by atoms with Crippen LogP contribution in [-0.2, 0) is 10.2 Å². The van der Waals surface area contributed by atoms with E-state index in [1.54, 1.807) is 20.8 Å². The highest BCUT2D eigenvalue weighted by molar-refractivity contribution is 7.90. The van der Waals surface area contributed by atoms with E-state index >= 15 is 0 Å². The van der Waals surface area contributed by atoms with E-state index in [0.29, 0.717) is 0 Å². The standard InChI is InChI=1S/C12H19N3O4S/c1-12(2,3)14-20(18,19)15(4)10-6-5-8(11(16)17)7-9(10)13/h5-7,14H,13H2,1-4H3,(H,16,17). The molecule has 7 nitrogen and oxygen atoms in total. The molecule has 0 radical (unpaired) electrons. The topological polar surface area (TPSA) is 113 Å². The van der Waals surface area contributed by atoms with E-state index in [1.807, 2.05) is 0 Å². The van der Waals surface area contributed by atoms with Crippen LogP contribution in [-0.4, -0.2) is 32.1 Å². The Morgan fingerprint density at radius 2 is 1.90 bits per heavy atom. The zero-order chi connectivity index (χ0) is 15.7. The summed E-state index contributed by atoms with van der Waals surface area (Å²) in [5.41, 5.74) is 5.38. The zero-order valence-electron chi connectivity index (χ0n) is 11.8. The lowest BCUT2D eigenvalue weighted by molar-refractivity contribution is 0.0697. The van der Waals surface area contributed by atoms with Gasteiger partial charge in [-0.15, -0.1) is 0 Å². The Morgan fingerprint density at radius 1 is 1.35 bits per heavy atom. The molecule has 112 valence electrons. The van der Waals surface area contributed by atoms with Gasteiger partial charge in [0.05, 0.1) is 16.9 Å². The summed E-state index contributed by atoms with van der Waals surface area (Å²) in [6, 6.07) is 3.89. The molecule has 1 aromatic rings. The fraction of sp³-hybridized carbons (Fsp3) is 0.417. The molecule has 4 N–H and O–H groups in total. The Labute approximate surface area is 118 Å². The van der Waals surface area contributed by atoms with Crippen LogP contribution in [0.15, 0.2) is 18.2 Å². The average Bonchev–Trinajstić information content (AvgIpc) is 2.24. The van der Waals surface area contributed by atoms with Crippen molar-refractivity contribution in [3.8, 4) is 0 Å². The molecule has 0 atom stereocenters. The van der Waals surface area contributed by atoms with Gasteiger partial charge in [-0.25, -0.2) is 4.79 Å². The van der Waals surface area contributed by atoms with E-state index in [2.05, 4.69) is 4.72 Å². The van der Waals surface area contributed by atoms with Crippen LogP contribution in [0, 0.1) is 0 Å². The van der Waals surface area contributed by atoms with Gasteiger partial charge in [0, 0.05) is 12.6 Å². The molecule has 0 fully saturated rings. The van der Waals surface area contributed by atoms with E-state index in [9.17, 15) is 13.2 Å². The second-order valence-corrected chi connectivity index (χ2v) is 7.11. The number of anilines is 2. The quantitative estimate of drug-likeness (QED) is 0.719. The molecule has 0 aliphatic rings. The largest absolute Gasteiger partial charge is 0.478 e. The lowest BCUT2D eigenvalue weighted by Gasteiger charge is -2.27. The van der Waals surface area contributed by atoms with Crippen LogP contribution in [0.2, 0.25) is 0 Å². The van der Waals surface area contributed by atoms with Gasteiger partial charge in [0.25, 0.3) is 0 Å². The van der Waals surface area contributed by atoms with Gasteiger partial charge in [0.1, 0.15) is 0 Å². The molecule has 1 aromatic carbocycles. The molecule has 0 saturated carbocycles. The number of carbonyl (C=O) groups is 1. The Morgan fingerprint density at radius 3 is 2.30 bits per heavy atom. The normalized spacial score (nSPS) is 12.2. The van der Waals surface area contributed by atoms with Gasteiger partial charge in [0.15, 0.2) is 0 Å². The molecule has 0 aliphatic heterocycles. The predicted octanol–water partition coefficient (Wildman–Crippen LogP) is 1.04. The Balaban J connectivity index is 3.16. The molecule has 1 rings (SSSR count). The molecule has 0 unspecified atom stereocenters. The lowest BCUT2D eigenvalue weighted by atomic mass is 10.1. The van der Waals surface area contributed by atoms with Crippen molar-refractivity contribution in [2.24, 2.45) is 0 Å². The second kappa shape index (κ2) is 5.29. The first-order valence-electron chi connectivity index (χ1n) is 5.85. The number of benzene rings is 1. The minimum absolute atomic E-state index is 0.000767. The molecule has 20 heavy (non-hydrogen) atoms. The van der Waals surface area contributed by atoms with Crippen molar-refractivity contribution in [3.63, 3.8) is 0 Å². The molecule has 0 amide bonds. The summed E-state index contributed by atoms with van der Waals surface area (Å²) < 4.78 is 27.8. The van der Waals surface area contributed by atoms with Gasteiger partial charge in [-0.2, -0.15) is 13.1 Å². The third kappa shape index (κ3) is 3.84. The fourth-order valence-corrected chi connectivity index (χ4v) is 2.90. The summed E-state index contributed by atoms with van der Waals surface area (Å²) in [6.07, 6.45) is 0. The number of nitrogens with one attached hydrogen (secondary N) is 1. The van der Waals surface area contributed by atoms with Crippen LogP contribution in [0.25, 0.3) is 0 Å². The number of nitrogen functional groups attached to an aromatic ring is 1. The van der Waals surface area contributed by atoms with Crippen molar-refractivity contribution in [1.29, 1.82) is 0 Å². The Kier molecular flexibility index (Phi) is 4.30. The van der Waals surface area contributed by atoms with E-state index in [-0.39, 0.29) is 16.9 Å². The maximum atomic E-state index is 12.2. The third-order valence-electron chi connectivity index (χ3n) is 2.41. The average molecular weight is 301 g/mol. The van der Waals surface area contributed by atoms with Gasteiger partial charge in [-0.3, -0.25) is 4.31 Å². The van der Waals surface area contributed by atoms with Gasteiger partial charge in [0.2, 0.25) is 0 Å². The molecule has 0 aliphatic carbocycles. The van der Waals surface area contributed by atoms with Crippen molar-refractivity contribution in [2.75, 3.05) is 17.1 Å². The maximum Gasteiger partial charge on any atom is 0.335 e. The van der Waals surface area contributed by atoms with Crippen molar-refractivity contribution in [1.82, 2.24) is 4.72 Å². The molecule has 0 saturated heterocycles. The van der Waals surface area contributed by atoms with Crippen LogP contribution in [0.5, 0.6) is 0 Å². The van der Waals surface area contributed by atoms with E-state index in [1.165, 1.54) is 25.2 Å². The molecule has 0 bridgehead atoms. The molecular formula is C12H19N3O4S. The summed E-state index contributed by atoms with van der Waals surface area (Å²) in [5.74, 6) is -1.12. The van der Waals surface area contributed by atoms with E-state index in [0.717, 1.165) is 4.31 Å². The van der Waals surface area contributed by atoms with Crippen molar-refractivity contribution in [3.05, 3.63) is 23.8 Å². The zero-order valence-corrected chi connectivity index (χ0v) is 12.7. The highest BCUT2D eigenvalue weighted by atomic mass is 32.2. The number of hydrogen-bond donors (Lipinski definition) is 3. The SMILES string of the molecule is CN(c1ccc(C(=O)O)cc1N)S(=O)(=O)NC(C)(C)C. The number of hydrogen-bond acceptors (Lipinski definition) is 4. The van der Waals surface area contributed by atoms with Gasteiger partial charge < -0.3 is 10.8 Å². The Bertz CT molecular complexity index is 620. The van der Waals surface area contributed by atoms with Gasteiger partial charge in [-0.1, -0.05) is 0 Å². The first-order chi connectivity index (χ1) is 8.94. The van der Waals surface area contributed by atoms with Crippen LogP contribution < -0.4 is 14.8 Å². The number of rotatable bonds is 4. The van der Waals surface area contributed by atoms with Crippen molar-refractivity contribution >= 4 is 27.6 Å². The van der Waals surface area contributed by atoms with Gasteiger partial charge in [-0.05, 0) is 39.0 Å². The summed E-state index contributed by atoms with van der Waals surface area (Å²) in [5, 5.41) is 8.85. The summed E-state index contributed by atoms with van der Waals surface area (Å²) in [7, 11) is -2.42. The van der Waals surface area contributed by atoms with Crippen LogP contribution in [0.1, 0.15) is 31.1 Å². The van der Waals surface area contributed by atoms with E-state index in [4.69, 9.17) is 10.8 Å². The number of carboxylic acids is 1. The summed E-state index contributed by atoms with van der Waals surface area (Å²) in [6.45, 7) is 5.15. The third-order valence-corrected chi connectivity index (χ3v) is 4.20. The molecule has 0 spiro atoms. The smallest absolute Gasteiger partial charge is 0.335 e. The fourth-order valence-electron chi connectivity index (χ4n) is 1.56. The number of carboxylic acid groups (broad SMARTS) is 1. The molecule has 0 heterocycles. The number of nitrogens with zero attached hydrogens (tertiary/aromatic N) is 1. The monoisotopic (exact) mass is 301 g/mol. The van der Waals surface area contributed by atoms with Crippen LogP contribution in [0.3, 0.4) is 0 Å². The first kappa shape index (κ1) is 16.3. The predicted molar refractivity (Wildman–Crippen MR) is 78.0 cm³/mol. The highest BCUT2D eigenvalue weighted by Gasteiger charge is 2.25.